The van der Waals surface area contributed by atoms with Crippen molar-refractivity contribution in [3.63, 3.8) is 0 Å². The Morgan fingerprint density at radius 2 is 1.81 bits per heavy atom. The molecule has 0 spiro atoms. The quantitative estimate of drug-likeness (QED) is 0.569. The van der Waals surface area contributed by atoms with Crippen LogP contribution in [0.25, 0.3) is 0 Å². The summed E-state index contributed by atoms with van der Waals surface area (Å²) in [5.41, 5.74) is 1.24. The SMILES string of the molecule is CCNc1cccc(NCC(C)(C)CN(C)C)c1[N+](=O)[O-]. The first-order valence-electron chi connectivity index (χ1n) is 7.16. The number of para-hydroxylation sites is 1. The zero-order chi connectivity index (χ0) is 16.0. The van der Waals surface area contributed by atoms with Gasteiger partial charge in [0.15, 0.2) is 0 Å². The monoisotopic (exact) mass is 294 g/mol. The summed E-state index contributed by atoms with van der Waals surface area (Å²) < 4.78 is 0. The van der Waals surface area contributed by atoms with Crippen LogP contribution in [0.5, 0.6) is 0 Å². The van der Waals surface area contributed by atoms with Gasteiger partial charge in [-0.05, 0) is 38.6 Å². The van der Waals surface area contributed by atoms with E-state index in [1.54, 1.807) is 12.1 Å². The van der Waals surface area contributed by atoms with Gasteiger partial charge in [0, 0.05) is 19.6 Å². The van der Waals surface area contributed by atoms with Crippen LogP contribution in [0.1, 0.15) is 20.8 Å². The molecule has 0 unspecified atom stereocenters. The highest BCUT2D eigenvalue weighted by atomic mass is 16.6. The molecule has 21 heavy (non-hydrogen) atoms. The van der Waals surface area contributed by atoms with E-state index in [1.165, 1.54) is 0 Å². The molecule has 1 aromatic rings. The van der Waals surface area contributed by atoms with Crippen LogP contribution in [0, 0.1) is 15.5 Å². The number of hydrogen-bond acceptors (Lipinski definition) is 5. The molecule has 0 bridgehead atoms. The highest BCUT2D eigenvalue weighted by Crippen LogP contribution is 2.33. The molecule has 2 N–H and O–H groups in total. The third kappa shape index (κ3) is 5.23. The van der Waals surface area contributed by atoms with Gasteiger partial charge in [0.05, 0.1) is 4.92 Å². The third-order valence-electron chi connectivity index (χ3n) is 3.09. The van der Waals surface area contributed by atoms with Crippen molar-refractivity contribution in [2.75, 3.05) is 44.4 Å². The van der Waals surface area contributed by atoms with Gasteiger partial charge < -0.3 is 15.5 Å². The van der Waals surface area contributed by atoms with Gasteiger partial charge in [-0.15, -0.1) is 0 Å². The smallest absolute Gasteiger partial charge is 0.315 e. The molecule has 1 rings (SSSR count). The van der Waals surface area contributed by atoms with E-state index in [0.717, 1.165) is 6.54 Å². The summed E-state index contributed by atoms with van der Waals surface area (Å²) in [7, 11) is 4.05. The molecular formula is C15H26N4O2. The van der Waals surface area contributed by atoms with E-state index in [9.17, 15) is 10.1 Å². The summed E-state index contributed by atoms with van der Waals surface area (Å²) >= 11 is 0. The van der Waals surface area contributed by atoms with E-state index in [1.807, 2.05) is 27.1 Å². The van der Waals surface area contributed by atoms with Gasteiger partial charge >= 0.3 is 5.69 Å². The fourth-order valence-corrected chi connectivity index (χ4v) is 2.46. The molecule has 0 aliphatic rings. The van der Waals surface area contributed by atoms with Gasteiger partial charge in [-0.3, -0.25) is 10.1 Å². The molecule has 0 amide bonds. The molecule has 0 saturated heterocycles. The number of nitrogens with zero attached hydrogens (tertiary/aromatic N) is 2. The lowest BCUT2D eigenvalue weighted by molar-refractivity contribution is -0.383. The average molecular weight is 294 g/mol. The highest BCUT2D eigenvalue weighted by molar-refractivity contribution is 5.76. The molecule has 0 atom stereocenters. The third-order valence-corrected chi connectivity index (χ3v) is 3.09. The van der Waals surface area contributed by atoms with Crippen LogP contribution in [0.15, 0.2) is 18.2 Å². The van der Waals surface area contributed by atoms with E-state index in [4.69, 9.17) is 0 Å². The predicted octanol–water partition coefficient (Wildman–Crippen LogP) is 3.03. The van der Waals surface area contributed by atoms with Crippen molar-refractivity contribution in [3.05, 3.63) is 28.3 Å². The van der Waals surface area contributed by atoms with Crippen molar-refractivity contribution in [1.82, 2.24) is 4.90 Å². The summed E-state index contributed by atoms with van der Waals surface area (Å²) in [6, 6.07) is 5.31. The minimum absolute atomic E-state index is 0.0194. The highest BCUT2D eigenvalue weighted by Gasteiger charge is 2.23. The topological polar surface area (TPSA) is 70.4 Å². The standard InChI is InChI=1S/C15H26N4O2/c1-6-16-12-8-7-9-13(14(12)19(20)21)17-10-15(2,3)11-18(4)5/h7-9,16-17H,6,10-11H2,1-5H3. The summed E-state index contributed by atoms with van der Waals surface area (Å²) in [4.78, 5) is 13.1. The van der Waals surface area contributed by atoms with Crippen LogP contribution in [0.4, 0.5) is 17.1 Å². The number of rotatable bonds is 8. The molecule has 0 aliphatic carbocycles. The molecule has 6 heteroatoms. The summed E-state index contributed by atoms with van der Waals surface area (Å²) in [6.45, 7) is 8.42. The second kappa shape index (κ2) is 7.26. The van der Waals surface area contributed by atoms with Crippen molar-refractivity contribution < 1.29 is 4.92 Å². The van der Waals surface area contributed by atoms with E-state index >= 15 is 0 Å². The van der Waals surface area contributed by atoms with Crippen LogP contribution in [-0.2, 0) is 0 Å². The molecular weight excluding hydrogens is 268 g/mol. The Balaban J connectivity index is 2.93. The van der Waals surface area contributed by atoms with Crippen LogP contribution in [-0.4, -0.2) is 43.6 Å². The Labute approximate surface area is 126 Å². The number of nitrogens with one attached hydrogen (secondary N) is 2. The van der Waals surface area contributed by atoms with Crippen molar-refractivity contribution in [3.8, 4) is 0 Å². The largest absolute Gasteiger partial charge is 0.380 e. The minimum Gasteiger partial charge on any atom is -0.380 e. The molecule has 118 valence electrons. The maximum atomic E-state index is 11.3. The Hall–Kier alpha value is -1.82. The second-order valence-corrected chi connectivity index (χ2v) is 6.24. The molecule has 0 aromatic heterocycles. The zero-order valence-electron chi connectivity index (χ0n) is 13.6. The van der Waals surface area contributed by atoms with Gasteiger partial charge in [0.1, 0.15) is 11.4 Å². The molecule has 6 nitrogen and oxygen atoms in total. The summed E-state index contributed by atoms with van der Waals surface area (Å²) in [6.07, 6.45) is 0. The second-order valence-electron chi connectivity index (χ2n) is 6.24. The lowest BCUT2D eigenvalue weighted by Crippen LogP contribution is -2.34. The Morgan fingerprint density at radius 3 is 2.29 bits per heavy atom. The molecule has 0 fully saturated rings. The molecule has 0 aliphatic heterocycles. The maximum absolute atomic E-state index is 11.3. The van der Waals surface area contributed by atoms with Gasteiger partial charge in [-0.1, -0.05) is 19.9 Å². The maximum Gasteiger partial charge on any atom is 0.315 e. The van der Waals surface area contributed by atoms with Crippen molar-refractivity contribution in [2.24, 2.45) is 5.41 Å². The lowest BCUT2D eigenvalue weighted by Gasteiger charge is -2.28. The van der Waals surface area contributed by atoms with E-state index < -0.39 is 0 Å². The Bertz CT molecular complexity index is 487. The van der Waals surface area contributed by atoms with E-state index in [0.29, 0.717) is 24.5 Å². The fourth-order valence-electron chi connectivity index (χ4n) is 2.46. The fraction of sp³-hybridized carbons (Fsp3) is 0.600. The predicted molar refractivity (Wildman–Crippen MR) is 88.1 cm³/mol. The molecule has 0 radical (unpaired) electrons. The first-order chi connectivity index (χ1) is 9.76. The molecule has 0 saturated carbocycles. The number of benzene rings is 1. The Kier molecular flexibility index (Phi) is 5.96. The minimum atomic E-state index is -0.334. The number of hydrogen-bond donors (Lipinski definition) is 2. The lowest BCUT2D eigenvalue weighted by atomic mass is 9.93. The number of anilines is 2. The van der Waals surface area contributed by atoms with Crippen molar-refractivity contribution in [2.45, 2.75) is 20.8 Å². The summed E-state index contributed by atoms with van der Waals surface area (Å²) in [5.74, 6) is 0. The molecule has 0 heterocycles. The van der Waals surface area contributed by atoms with Crippen LogP contribution in [0.3, 0.4) is 0 Å². The van der Waals surface area contributed by atoms with Gasteiger partial charge in [-0.25, -0.2) is 0 Å². The normalized spacial score (nSPS) is 11.5. The van der Waals surface area contributed by atoms with Crippen molar-refractivity contribution in [1.29, 1.82) is 0 Å². The van der Waals surface area contributed by atoms with Crippen LogP contribution >= 0.6 is 0 Å². The number of nitro groups is 1. The van der Waals surface area contributed by atoms with Crippen LogP contribution in [0.2, 0.25) is 0 Å². The first kappa shape index (κ1) is 17.2. The van der Waals surface area contributed by atoms with E-state index in [2.05, 4.69) is 29.4 Å². The Morgan fingerprint density at radius 1 is 1.24 bits per heavy atom. The van der Waals surface area contributed by atoms with Crippen molar-refractivity contribution >= 4 is 17.1 Å². The van der Waals surface area contributed by atoms with Gasteiger partial charge in [-0.2, -0.15) is 0 Å². The average Bonchev–Trinajstić information content (AvgIpc) is 2.35. The van der Waals surface area contributed by atoms with Crippen LogP contribution < -0.4 is 10.6 Å². The first-order valence-corrected chi connectivity index (χ1v) is 7.16. The van der Waals surface area contributed by atoms with Gasteiger partial charge in [0.25, 0.3) is 0 Å². The zero-order valence-corrected chi connectivity index (χ0v) is 13.6. The van der Waals surface area contributed by atoms with Gasteiger partial charge in [0.2, 0.25) is 0 Å². The van der Waals surface area contributed by atoms with E-state index in [-0.39, 0.29) is 16.0 Å². The summed E-state index contributed by atoms with van der Waals surface area (Å²) in [5, 5.41) is 17.6. The molecule has 1 aromatic carbocycles. The number of nitro benzene ring substituents is 1.